The first-order chi connectivity index (χ1) is 14.8. The van der Waals surface area contributed by atoms with Crippen molar-refractivity contribution in [3.05, 3.63) is 82.7 Å². The van der Waals surface area contributed by atoms with Gasteiger partial charge in [-0.1, -0.05) is 18.2 Å². The van der Waals surface area contributed by atoms with Crippen molar-refractivity contribution in [2.24, 2.45) is 0 Å². The van der Waals surface area contributed by atoms with E-state index in [1.807, 2.05) is 24.3 Å². The van der Waals surface area contributed by atoms with E-state index in [1.54, 1.807) is 37.6 Å². The summed E-state index contributed by atoms with van der Waals surface area (Å²) in [6.45, 7) is 2.06. The van der Waals surface area contributed by atoms with Crippen molar-refractivity contribution < 1.29 is 14.7 Å². The molecule has 7 nitrogen and oxygen atoms in total. The molecule has 0 saturated heterocycles. The molecule has 0 fully saturated rings. The Morgan fingerprint density at radius 3 is 2.55 bits per heavy atom. The van der Waals surface area contributed by atoms with Gasteiger partial charge in [0.25, 0.3) is 11.8 Å². The van der Waals surface area contributed by atoms with Gasteiger partial charge in [0, 0.05) is 41.3 Å². The van der Waals surface area contributed by atoms with Crippen LogP contribution in [0.3, 0.4) is 0 Å². The summed E-state index contributed by atoms with van der Waals surface area (Å²) >= 11 is 1.70. The van der Waals surface area contributed by atoms with Crippen LogP contribution in [0.5, 0.6) is 0 Å². The molecule has 3 heterocycles. The zero-order valence-corrected chi connectivity index (χ0v) is 18.2. The third-order valence-corrected chi connectivity index (χ3v) is 5.95. The fourth-order valence-electron chi connectivity index (χ4n) is 3.53. The maximum Gasteiger partial charge on any atom is 0.293 e. The molecule has 0 bridgehead atoms. The van der Waals surface area contributed by atoms with Crippen LogP contribution in [0.2, 0.25) is 0 Å². The molecule has 1 unspecified atom stereocenters. The lowest BCUT2D eigenvalue weighted by atomic mass is 10.0. The summed E-state index contributed by atoms with van der Waals surface area (Å²) in [4.78, 5) is 33.5. The average molecular weight is 435 g/mol. The zero-order valence-electron chi connectivity index (χ0n) is 17.4. The third kappa shape index (κ3) is 4.08. The van der Waals surface area contributed by atoms with Crippen molar-refractivity contribution >= 4 is 28.8 Å². The number of carbonyl (C=O) groups excluding carboxylic acids is 2. The maximum atomic E-state index is 12.8. The Balaban J connectivity index is 1.71. The Hall–Kier alpha value is -3.49. The molecule has 1 aliphatic heterocycles. The highest BCUT2D eigenvalue weighted by atomic mass is 32.1. The van der Waals surface area contributed by atoms with Crippen LogP contribution in [0.25, 0.3) is 10.4 Å². The highest BCUT2D eigenvalue weighted by Gasteiger charge is 2.36. The van der Waals surface area contributed by atoms with Crippen molar-refractivity contribution in [3.63, 3.8) is 0 Å². The molecule has 1 aliphatic rings. The second-order valence-corrected chi connectivity index (χ2v) is 8.69. The fraction of sp³-hybridized carbons (Fsp3) is 0.174. The number of rotatable bonds is 5. The number of hydrogen-bond donors (Lipinski definition) is 2. The molecule has 2 N–H and O–H groups in total. The van der Waals surface area contributed by atoms with Crippen LogP contribution in [0.15, 0.2) is 66.6 Å². The van der Waals surface area contributed by atoms with Crippen LogP contribution in [0, 0.1) is 6.92 Å². The number of benzene rings is 1. The quantitative estimate of drug-likeness (QED) is 0.596. The molecule has 8 heteroatoms. The molecule has 2 aromatic heterocycles. The molecule has 0 radical (unpaired) electrons. The Morgan fingerprint density at radius 2 is 1.90 bits per heavy atom. The normalized spacial score (nSPS) is 16.0. The van der Waals surface area contributed by atoms with E-state index in [-0.39, 0.29) is 11.5 Å². The van der Waals surface area contributed by atoms with E-state index in [1.165, 1.54) is 27.1 Å². The van der Waals surface area contributed by atoms with Crippen molar-refractivity contribution in [1.29, 1.82) is 0 Å². The lowest BCUT2D eigenvalue weighted by Crippen LogP contribution is -2.38. The van der Waals surface area contributed by atoms with Crippen LogP contribution in [0.1, 0.15) is 27.0 Å². The van der Waals surface area contributed by atoms with Gasteiger partial charge >= 0.3 is 0 Å². The number of aliphatic hydroxyl groups is 1. The lowest BCUT2D eigenvalue weighted by Gasteiger charge is -2.26. The number of aryl methyl sites for hydroxylation is 1. The van der Waals surface area contributed by atoms with Gasteiger partial charge in [0.15, 0.2) is 5.76 Å². The number of aromatic nitrogens is 1. The van der Waals surface area contributed by atoms with Gasteiger partial charge in [0.1, 0.15) is 5.69 Å². The smallest absolute Gasteiger partial charge is 0.293 e. The first-order valence-corrected chi connectivity index (χ1v) is 10.5. The highest BCUT2D eigenvalue weighted by molar-refractivity contribution is 7.15. The van der Waals surface area contributed by atoms with Gasteiger partial charge in [0.05, 0.1) is 6.04 Å². The second-order valence-electron chi connectivity index (χ2n) is 7.41. The predicted molar refractivity (Wildman–Crippen MR) is 121 cm³/mol. The van der Waals surface area contributed by atoms with Crippen molar-refractivity contribution in [2.75, 3.05) is 19.0 Å². The van der Waals surface area contributed by atoms with Gasteiger partial charge in [-0.25, -0.2) is 5.01 Å². The number of nitrogens with one attached hydrogen (secondary N) is 1. The number of hydrogen-bond acceptors (Lipinski definition) is 6. The van der Waals surface area contributed by atoms with Gasteiger partial charge < -0.3 is 5.11 Å². The van der Waals surface area contributed by atoms with Crippen LogP contribution in [-0.4, -0.2) is 41.0 Å². The number of pyridine rings is 1. The van der Waals surface area contributed by atoms with E-state index >= 15 is 0 Å². The van der Waals surface area contributed by atoms with E-state index in [4.69, 9.17) is 0 Å². The number of hydrazine groups is 1. The number of amides is 2. The number of anilines is 1. The molecule has 4 rings (SSSR count). The molecule has 3 aromatic rings. The standard InChI is InChI=1S/C23H22N4O3S/c1-14-6-11-20(31-14)15-7-9-16(10-8-15)27-18(13-19(28)23(27)30)17-5-4-12-24-21(17)22(29)25-26(2)3/h4-13,18,28H,1-3H3,(H,25,29). The van der Waals surface area contributed by atoms with E-state index in [2.05, 4.69) is 29.5 Å². The van der Waals surface area contributed by atoms with E-state index in [9.17, 15) is 14.7 Å². The molecule has 1 atom stereocenters. The summed E-state index contributed by atoms with van der Waals surface area (Å²) < 4.78 is 0. The average Bonchev–Trinajstić information content (AvgIpc) is 3.31. The Morgan fingerprint density at radius 1 is 1.16 bits per heavy atom. The molecule has 2 amide bonds. The summed E-state index contributed by atoms with van der Waals surface area (Å²) in [6, 6.07) is 14.5. The summed E-state index contributed by atoms with van der Waals surface area (Å²) in [5.41, 5.74) is 5.06. The molecule has 158 valence electrons. The molecule has 1 aromatic carbocycles. The fourth-order valence-corrected chi connectivity index (χ4v) is 4.40. The largest absolute Gasteiger partial charge is 0.503 e. The molecule has 0 saturated carbocycles. The van der Waals surface area contributed by atoms with Gasteiger partial charge in [-0.15, -0.1) is 11.3 Å². The lowest BCUT2D eigenvalue weighted by molar-refractivity contribution is -0.117. The Bertz CT molecular complexity index is 1170. The van der Waals surface area contributed by atoms with Gasteiger partial charge in [-0.05, 0) is 48.9 Å². The number of aliphatic hydroxyl groups excluding tert-OH is 1. The molecule has 0 spiro atoms. The number of carbonyl (C=O) groups is 2. The van der Waals surface area contributed by atoms with Crippen molar-refractivity contribution in [2.45, 2.75) is 13.0 Å². The van der Waals surface area contributed by atoms with Crippen LogP contribution in [-0.2, 0) is 4.79 Å². The second kappa shape index (κ2) is 8.33. The Kier molecular flexibility index (Phi) is 5.58. The monoisotopic (exact) mass is 434 g/mol. The molecular formula is C23H22N4O3S. The third-order valence-electron chi connectivity index (χ3n) is 4.90. The predicted octanol–water partition coefficient (Wildman–Crippen LogP) is 3.85. The van der Waals surface area contributed by atoms with Crippen molar-refractivity contribution in [3.8, 4) is 10.4 Å². The summed E-state index contributed by atoms with van der Waals surface area (Å²) in [5, 5.41) is 11.7. The minimum absolute atomic E-state index is 0.190. The van der Waals surface area contributed by atoms with Gasteiger partial charge in [0.2, 0.25) is 0 Å². The minimum atomic E-state index is -0.654. The topological polar surface area (TPSA) is 85.8 Å². The van der Waals surface area contributed by atoms with E-state index in [0.717, 1.165) is 10.4 Å². The Labute approximate surface area is 184 Å². The van der Waals surface area contributed by atoms with Crippen LogP contribution < -0.4 is 10.3 Å². The van der Waals surface area contributed by atoms with Crippen LogP contribution >= 0.6 is 11.3 Å². The van der Waals surface area contributed by atoms with Crippen LogP contribution in [0.4, 0.5) is 5.69 Å². The van der Waals surface area contributed by atoms with Crippen molar-refractivity contribution in [1.82, 2.24) is 15.4 Å². The first-order valence-electron chi connectivity index (χ1n) is 9.69. The molecular weight excluding hydrogens is 412 g/mol. The summed E-state index contributed by atoms with van der Waals surface area (Å²) in [7, 11) is 3.41. The molecule has 0 aliphatic carbocycles. The maximum absolute atomic E-state index is 12.8. The zero-order chi connectivity index (χ0) is 22.1. The highest BCUT2D eigenvalue weighted by Crippen LogP contribution is 2.37. The molecule has 31 heavy (non-hydrogen) atoms. The van der Waals surface area contributed by atoms with Gasteiger partial charge in [-0.2, -0.15) is 0 Å². The minimum Gasteiger partial charge on any atom is -0.503 e. The summed E-state index contributed by atoms with van der Waals surface area (Å²) in [6.07, 6.45) is 2.97. The SMILES string of the molecule is Cc1ccc(-c2ccc(N3C(=O)C(O)=CC3c3cccnc3C(=O)NN(C)C)cc2)s1. The van der Waals surface area contributed by atoms with Gasteiger partial charge in [-0.3, -0.25) is 24.9 Å². The first kappa shape index (κ1) is 20.8. The summed E-state index contributed by atoms with van der Waals surface area (Å²) in [5.74, 6) is -1.27. The number of thiophene rings is 1. The van der Waals surface area contributed by atoms with E-state index < -0.39 is 17.9 Å². The van der Waals surface area contributed by atoms with E-state index in [0.29, 0.717) is 11.3 Å². The number of nitrogens with zero attached hydrogens (tertiary/aromatic N) is 3.